The minimum atomic E-state index is -1.76. The molecule has 2 atom stereocenters. The van der Waals surface area contributed by atoms with Crippen LogP contribution in [0.2, 0.25) is 0 Å². The second kappa shape index (κ2) is 22.8. The van der Waals surface area contributed by atoms with Gasteiger partial charge in [0.05, 0.1) is 19.8 Å². The molecule has 0 aromatic heterocycles. The van der Waals surface area contributed by atoms with Gasteiger partial charge in [0.25, 0.3) is 5.91 Å². The molecule has 2 unspecified atom stereocenters. The standard InChI is InChI=1S/C22H20N2O6.C16H10O3.C6H12N2O4/c1-22(2,24(28)29)19(21(27)30-3)23-20(26)18-12-10-16(11-13-18)5-4-15-6-8-17(14-25)9-7-15;17-11-14-5-3-12(4-6-14)1-2-13-7-9-15(10-8-13)16(18)19;1-6(2,8(10)11)4(7)5(9)12-3/h6-14,19H,1-3H3,(H,23,26);3-11H,(H,18,19);4H,7H2,1-3H3. The molecule has 0 fully saturated rings. The van der Waals surface area contributed by atoms with E-state index in [0.717, 1.165) is 43.5 Å². The number of amides is 1. The topological polar surface area (TPSA) is 265 Å². The molecule has 4 aromatic rings. The lowest BCUT2D eigenvalue weighted by molar-refractivity contribution is -0.562. The van der Waals surface area contributed by atoms with Gasteiger partial charge >= 0.3 is 17.9 Å². The number of carboxylic acids is 1. The Bertz CT molecular complexity index is 2350. The van der Waals surface area contributed by atoms with Gasteiger partial charge in [-0.2, -0.15) is 0 Å². The minimum absolute atomic E-state index is 0.212. The van der Waals surface area contributed by atoms with Crippen LogP contribution >= 0.6 is 0 Å². The summed E-state index contributed by atoms with van der Waals surface area (Å²) in [6.07, 6.45) is 1.53. The number of carboxylic acid groups (broad SMARTS) is 1. The van der Waals surface area contributed by atoms with Crippen LogP contribution in [-0.4, -0.2) is 88.7 Å². The number of esters is 2. The predicted octanol–water partition coefficient (Wildman–Crippen LogP) is 4.36. The van der Waals surface area contributed by atoms with E-state index >= 15 is 0 Å². The van der Waals surface area contributed by atoms with Crippen LogP contribution in [0.3, 0.4) is 0 Å². The third kappa shape index (κ3) is 14.7. The van der Waals surface area contributed by atoms with E-state index in [1.54, 1.807) is 72.8 Å². The van der Waals surface area contributed by atoms with Crippen LogP contribution < -0.4 is 11.1 Å². The number of aromatic carboxylic acids is 1. The van der Waals surface area contributed by atoms with Gasteiger partial charge in [-0.3, -0.25) is 39.4 Å². The quantitative estimate of drug-likeness (QED) is 0.0623. The average molecular weight is 835 g/mol. The Hall–Kier alpha value is -8.02. The van der Waals surface area contributed by atoms with E-state index in [9.17, 15) is 49.0 Å². The van der Waals surface area contributed by atoms with E-state index in [1.807, 2.05) is 0 Å². The van der Waals surface area contributed by atoms with Crippen LogP contribution in [0.25, 0.3) is 0 Å². The maximum atomic E-state index is 12.5. The van der Waals surface area contributed by atoms with Crippen molar-refractivity contribution in [3.8, 4) is 23.7 Å². The molecule has 17 nitrogen and oxygen atoms in total. The molecule has 0 spiro atoms. The van der Waals surface area contributed by atoms with E-state index in [0.29, 0.717) is 16.7 Å². The third-order valence-electron chi connectivity index (χ3n) is 8.65. The molecule has 17 heteroatoms. The third-order valence-corrected chi connectivity index (χ3v) is 8.65. The Morgan fingerprint density at radius 1 is 0.623 bits per heavy atom. The first kappa shape index (κ1) is 49.1. The number of nitro groups is 2. The Balaban J connectivity index is 0.000000351. The zero-order valence-electron chi connectivity index (χ0n) is 33.9. The van der Waals surface area contributed by atoms with Crippen LogP contribution in [0.5, 0.6) is 0 Å². The van der Waals surface area contributed by atoms with Crippen molar-refractivity contribution >= 4 is 36.4 Å². The monoisotopic (exact) mass is 834 g/mol. The van der Waals surface area contributed by atoms with Gasteiger partial charge in [-0.1, -0.05) is 47.9 Å². The number of carbonyl (C=O) groups is 6. The fourth-order valence-corrected chi connectivity index (χ4v) is 4.47. The van der Waals surface area contributed by atoms with E-state index in [4.69, 9.17) is 10.8 Å². The van der Waals surface area contributed by atoms with Crippen molar-refractivity contribution in [1.29, 1.82) is 0 Å². The summed E-state index contributed by atoms with van der Waals surface area (Å²) in [5.41, 5.74) is 6.56. The normalized spacial score (nSPS) is 11.2. The SMILES string of the molecule is COC(=O)C(N)C(C)(C)[N+](=O)[O-].COC(=O)C(NC(=O)c1ccc(C#Cc2ccc(C=O)cc2)cc1)C(C)(C)[N+](=O)[O-].O=Cc1ccc(C#Cc2ccc(C(=O)O)cc2)cc1. The summed E-state index contributed by atoms with van der Waals surface area (Å²) in [4.78, 5) is 87.6. The molecule has 1 amide bonds. The number of ether oxygens (including phenoxy) is 2. The summed E-state index contributed by atoms with van der Waals surface area (Å²) in [5, 5.41) is 32.8. The van der Waals surface area contributed by atoms with Gasteiger partial charge in [-0.25, -0.2) is 9.59 Å². The molecule has 0 aliphatic rings. The van der Waals surface area contributed by atoms with Crippen molar-refractivity contribution in [3.63, 3.8) is 0 Å². The number of aldehydes is 2. The molecule has 316 valence electrons. The second-order valence-corrected chi connectivity index (χ2v) is 13.7. The summed E-state index contributed by atoms with van der Waals surface area (Å²) in [6.45, 7) is 5.01. The molecule has 4 rings (SSSR count). The number of nitrogens with two attached hydrogens (primary N) is 1. The van der Waals surface area contributed by atoms with E-state index < -0.39 is 56.8 Å². The van der Waals surface area contributed by atoms with Gasteiger partial charge in [0, 0.05) is 76.5 Å². The molecule has 4 N–H and O–H groups in total. The number of rotatable bonds is 11. The predicted molar refractivity (Wildman–Crippen MR) is 221 cm³/mol. The fraction of sp³-hybridized carbons (Fsp3) is 0.227. The summed E-state index contributed by atoms with van der Waals surface area (Å²) < 4.78 is 8.88. The lowest BCUT2D eigenvalue weighted by Gasteiger charge is -2.25. The Morgan fingerprint density at radius 3 is 1.25 bits per heavy atom. The van der Waals surface area contributed by atoms with Gasteiger partial charge in [0.1, 0.15) is 12.6 Å². The molecular formula is C44H42N4O13. The molecule has 0 saturated heterocycles. The molecule has 61 heavy (non-hydrogen) atoms. The van der Waals surface area contributed by atoms with Crippen molar-refractivity contribution in [2.75, 3.05) is 14.2 Å². The molecule has 0 radical (unpaired) electrons. The van der Waals surface area contributed by atoms with E-state index in [1.165, 1.54) is 52.0 Å². The summed E-state index contributed by atoms with van der Waals surface area (Å²) in [6, 6.07) is 23.6. The first-order chi connectivity index (χ1) is 28.7. The van der Waals surface area contributed by atoms with Crippen LogP contribution in [0.15, 0.2) is 97.1 Å². The summed E-state index contributed by atoms with van der Waals surface area (Å²) in [7, 11) is 2.23. The van der Waals surface area contributed by atoms with Crippen molar-refractivity contribution in [3.05, 3.63) is 162 Å². The highest BCUT2D eigenvalue weighted by Gasteiger charge is 2.47. The highest BCUT2D eigenvalue weighted by Crippen LogP contribution is 2.17. The van der Waals surface area contributed by atoms with Crippen molar-refractivity contribution < 1.29 is 53.2 Å². The average Bonchev–Trinajstić information content (AvgIpc) is 3.26. The molecule has 0 heterocycles. The second-order valence-electron chi connectivity index (χ2n) is 13.7. The molecule has 4 aromatic carbocycles. The lowest BCUT2D eigenvalue weighted by Crippen LogP contribution is -2.58. The minimum Gasteiger partial charge on any atom is -0.478 e. The van der Waals surface area contributed by atoms with Crippen LogP contribution in [0.4, 0.5) is 0 Å². The van der Waals surface area contributed by atoms with E-state index in [2.05, 4.69) is 38.5 Å². The van der Waals surface area contributed by atoms with Crippen molar-refractivity contribution in [2.45, 2.75) is 50.9 Å². The Labute approximate surface area is 350 Å². The van der Waals surface area contributed by atoms with Crippen LogP contribution in [0.1, 0.15) is 91.4 Å². The number of carbonyl (C=O) groups excluding carboxylic acids is 5. The highest BCUT2D eigenvalue weighted by molar-refractivity contribution is 5.97. The maximum Gasteiger partial charge on any atom is 0.335 e. The van der Waals surface area contributed by atoms with Gasteiger partial charge in [0.15, 0.2) is 12.1 Å². The molecule has 0 saturated carbocycles. The lowest BCUT2D eigenvalue weighted by atomic mass is 9.95. The van der Waals surface area contributed by atoms with Gasteiger partial charge in [0.2, 0.25) is 11.1 Å². The fourth-order valence-electron chi connectivity index (χ4n) is 4.47. The Morgan fingerprint density at radius 2 is 0.951 bits per heavy atom. The number of nitrogens with zero attached hydrogens (tertiary/aromatic N) is 2. The summed E-state index contributed by atoms with van der Waals surface area (Å²) >= 11 is 0. The number of hydrogen-bond donors (Lipinski definition) is 3. The van der Waals surface area contributed by atoms with E-state index in [-0.39, 0.29) is 11.1 Å². The number of hydrogen-bond acceptors (Lipinski definition) is 13. The Kier molecular flexibility index (Phi) is 18.4. The molecule has 0 bridgehead atoms. The van der Waals surface area contributed by atoms with Crippen molar-refractivity contribution in [1.82, 2.24) is 5.32 Å². The van der Waals surface area contributed by atoms with Crippen molar-refractivity contribution in [2.24, 2.45) is 5.73 Å². The highest BCUT2D eigenvalue weighted by atomic mass is 16.6. The molecule has 0 aliphatic heterocycles. The number of nitrogens with one attached hydrogen (secondary N) is 1. The summed E-state index contributed by atoms with van der Waals surface area (Å²) in [5.74, 6) is 8.47. The first-order valence-electron chi connectivity index (χ1n) is 17.8. The zero-order valence-corrected chi connectivity index (χ0v) is 33.9. The van der Waals surface area contributed by atoms with Crippen LogP contribution in [-0.2, 0) is 19.1 Å². The zero-order chi connectivity index (χ0) is 45.9. The number of methoxy groups -OCH3 is 2. The molecule has 0 aliphatic carbocycles. The van der Waals surface area contributed by atoms with Gasteiger partial charge in [-0.05, 0) is 72.8 Å². The first-order valence-corrected chi connectivity index (χ1v) is 17.8. The largest absolute Gasteiger partial charge is 0.478 e. The number of benzene rings is 4. The van der Waals surface area contributed by atoms with Gasteiger partial charge < -0.3 is 25.6 Å². The maximum absolute atomic E-state index is 12.5. The smallest absolute Gasteiger partial charge is 0.335 e. The molecular weight excluding hydrogens is 792 g/mol. The van der Waals surface area contributed by atoms with Gasteiger partial charge in [-0.15, -0.1) is 0 Å². The van der Waals surface area contributed by atoms with Crippen LogP contribution in [0, 0.1) is 43.9 Å².